The van der Waals surface area contributed by atoms with Gasteiger partial charge in [0.1, 0.15) is 17.6 Å². The van der Waals surface area contributed by atoms with Crippen molar-refractivity contribution in [3.05, 3.63) is 58.9 Å². The first kappa shape index (κ1) is 22.3. The standard InChI is InChI=1S/C21H20FN3O4.C2H6/c1-29-13-5-6-16(22)12(9-13)10-23-17-4-2-3-14-15(17)11-25(21(14)28)18-7-8-19(26)24-20(18)27;1-2/h2-6,9,18,23H,7-8,10-11H2,1H3,(H,24,26,27);1-2H3. The number of hydrogen-bond donors (Lipinski definition) is 2. The SMILES string of the molecule is CC.COc1ccc(F)c(CNc2cccc3c2CN(C2CCC(=O)NC2=O)C3=O)c1. The van der Waals surface area contributed by atoms with E-state index in [2.05, 4.69) is 10.6 Å². The maximum absolute atomic E-state index is 14.1. The van der Waals surface area contributed by atoms with Crippen LogP contribution >= 0.6 is 0 Å². The molecule has 2 aliphatic heterocycles. The van der Waals surface area contributed by atoms with E-state index in [1.165, 1.54) is 18.1 Å². The summed E-state index contributed by atoms with van der Waals surface area (Å²) in [4.78, 5) is 37.9. The lowest BCUT2D eigenvalue weighted by molar-refractivity contribution is -0.136. The van der Waals surface area contributed by atoms with Crippen molar-refractivity contribution >= 4 is 23.4 Å². The Morgan fingerprint density at radius 3 is 2.68 bits per heavy atom. The average Bonchev–Trinajstić information content (AvgIpc) is 3.11. The number of anilines is 1. The lowest BCUT2D eigenvalue weighted by atomic mass is 10.0. The third-order valence-corrected chi connectivity index (χ3v) is 5.30. The summed E-state index contributed by atoms with van der Waals surface area (Å²) in [5, 5.41) is 5.48. The second kappa shape index (κ2) is 9.59. The number of nitrogens with zero attached hydrogens (tertiary/aromatic N) is 1. The first-order valence-corrected chi connectivity index (χ1v) is 10.3. The first-order valence-electron chi connectivity index (χ1n) is 10.3. The van der Waals surface area contributed by atoms with Crippen molar-refractivity contribution in [2.75, 3.05) is 12.4 Å². The number of nitrogens with one attached hydrogen (secondary N) is 2. The number of imide groups is 1. The van der Waals surface area contributed by atoms with Gasteiger partial charge in [0, 0.05) is 41.9 Å². The van der Waals surface area contributed by atoms with E-state index in [4.69, 9.17) is 4.74 Å². The van der Waals surface area contributed by atoms with Crippen LogP contribution in [0.4, 0.5) is 10.1 Å². The van der Waals surface area contributed by atoms with E-state index in [1.807, 2.05) is 19.9 Å². The highest BCUT2D eigenvalue weighted by Gasteiger charge is 2.39. The molecule has 2 heterocycles. The number of rotatable bonds is 5. The van der Waals surface area contributed by atoms with Crippen molar-refractivity contribution in [2.24, 2.45) is 0 Å². The van der Waals surface area contributed by atoms with Crippen molar-refractivity contribution < 1.29 is 23.5 Å². The van der Waals surface area contributed by atoms with Gasteiger partial charge in [-0.25, -0.2) is 4.39 Å². The van der Waals surface area contributed by atoms with Crippen molar-refractivity contribution in [2.45, 2.75) is 45.8 Å². The number of methoxy groups -OCH3 is 1. The number of carbonyl (C=O) groups excluding carboxylic acids is 3. The summed E-state index contributed by atoms with van der Waals surface area (Å²) in [5.41, 5.74) is 2.40. The number of halogens is 1. The lowest BCUT2D eigenvalue weighted by Crippen LogP contribution is -2.52. The van der Waals surface area contributed by atoms with E-state index >= 15 is 0 Å². The monoisotopic (exact) mass is 427 g/mol. The zero-order chi connectivity index (χ0) is 22.5. The van der Waals surface area contributed by atoms with Crippen LogP contribution in [0.15, 0.2) is 36.4 Å². The van der Waals surface area contributed by atoms with Gasteiger partial charge in [-0.2, -0.15) is 0 Å². The quantitative estimate of drug-likeness (QED) is 0.716. The molecule has 0 radical (unpaired) electrons. The highest BCUT2D eigenvalue weighted by atomic mass is 19.1. The molecule has 0 saturated carbocycles. The van der Waals surface area contributed by atoms with E-state index in [9.17, 15) is 18.8 Å². The zero-order valence-electron chi connectivity index (χ0n) is 17.8. The molecule has 2 aromatic carbocycles. The fourth-order valence-electron chi connectivity index (χ4n) is 3.76. The predicted molar refractivity (Wildman–Crippen MR) is 114 cm³/mol. The number of benzene rings is 2. The molecule has 31 heavy (non-hydrogen) atoms. The Morgan fingerprint density at radius 2 is 1.97 bits per heavy atom. The highest BCUT2D eigenvalue weighted by Crippen LogP contribution is 2.32. The fourth-order valence-corrected chi connectivity index (χ4v) is 3.76. The molecule has 0 aliphatic carbocycles. The van der Waals surface area contributed by atoms with Crippen LogP contribution in [-0.4, -0.2) is 35.8 Å². The van der Waals surface area contributed by atoms with Gasteiger partial charge in [0.05, 0.1) is 7.11 Å². The first-order chi connectivity index (χ1) is 15.0. The smallest absolute Gasteiger partial charge is 0.255 e. The normalized spacial score (nSPS) is 17.5. The van der Waals surface area contributed by atoms with Gasteiger partial charge in [0.2, 0.25) is 11.8 Å². The van der Waals surface area contributed by atoms with Gasteiger partial charge in [-0.3, -0.25) is 19.7 Å². The maximum atomic E-state index is 14.1. The maximum Gasteiger partial charge on any atom is 0.255 e. The number of amides is 3. The Hall–Kier alpha value is -3.42. The Morgan fingerprint density at radius 1 is 1.19 bits per heavy atom. The molecule has 4 rings (SSSR count). The van der Waals surface area contributed by atoms with Crippen molar-refractivity contribution in [3.8, 4) is 5.75 Å². The molecule has 1 fully saturated rings. The summed E-state index contributed by atoms with van der Waals surface area (Å²) in [5.74, 6) is -0.813. The van der Waals surface area contributed by atoms with Crippen LogP contribution in [0.25, 0.3) is 0 Å². The van der Waals surface area contributed by atoms with Crippen LogP contribution in [0.5, 0.6) is 5.75 Å². The van der Waals surface area contributed by atoms with Crippen LogP contribution in [-0.2, 0) is 22.7 Å². The van der Waals surface area contributed by atoms with Gasteiger partial charge in [-0.15, -0.1) is 0 Å². The average molecular weight is 427 g/mol. The molecular weight excluding hydrogens is 401 g/mol. The molecule has 1 unspecified atom stereocenters. The Kier molecular flexibility index (Phi) is 6.89. The van der Waals surface area contributed by atoms with E-state index in [0.29, 0.717) is 29.0 Å². The molecule has 1 saturated heterocycles. The number of piperidine rings is 1. The topological polar surface area (TPSA) is 87.7 Å². The van der Waals surface area contributed by atoms with Crippen LogP contribution in [0, 0.1) is 5.82 Å². The number of carbonyl (C=O) groups is 3. The summed E-state index contributed by atoms with van der Waals surface area (Å²) in [7, 11) is 1.52. The Balaban J connectivity index is 0.00000132. The second-order valence-corrected chi connectivity index (χ2v) is 7.04. The summed E-state index contributed by atoms with van der Waals surface area (Å²) in [6, 6.07) is 9.12. The van der Waals surface area contributed by atoms with Crippen LogP contribution in [0.2, 0.25) is 0 Å². The summed E-state index contributed by atoms with van der Waals surface area (Å²) in [6.45, 7) is 4.47. The largest absolute Gasteiger partial charge is 0.497 e. The molecule has 2 N–H and O–H groups in total. The Bertz CT molecular complexity index is 1010. The minimum Gasteiger partial charge on any atom is -0.497 e. The molecule has 2 aliphatic rings. The molecule has 8 heteroatoms. The molecule has 0 bridgehead atoms. The summed E-state index contributed by atoms with van der Waals surface area (Å²) >= 11 is 0. The molecule has 3 amide bonds. The highest BCUT2D eigenvalue weighted by molar-refractivity contribution is 6.06. The predicted octanol–water partition coefficient (Wildman–Crippen LogP) is 3.23. The Labute approximate surface area is 180 Å². The minimum absolute atomic E-state index is 0.205. The van der Waals surface area contributed by atoms with Crippen LogP contribution < -0.4 is 15.4 Å². The summed E-state index contributed by atoms with van der Waals surface area (Å²) < 4.78 is 19.2. The van der Waals surface area contributed by atoms with Crippen molar-refractivity contribution in [3.63, 3.8) is 0 Å². The minimum atomic E-state index is -0.670. The number of hydrogen-bond acceptors (Lipinski definition) is 5. The molecule has 0 aromatic heterocycles. The van der Waals surface area contributed by atoms with Gasteiger partial charge < -0.3 is 15.0 Å². The second-order valence-electron chi connectivity index (χ2n) is 7.04. The third-order valence-electron chi connectivity index (χ3n) is 5.30. The fraction of sp³-hybridized carbons (Fsp3) is 0.348. The molecule has 164 valence electrons. The van der Waals surface area contributed by atoms with Gasteiger partial charge in [0.25, 0.3) is 5.91 Å². The third kappa shape index (κ3) is 4.52. The van der Waals surface area contributed by atoms with Crippen LogP contribution in [0.3, 0.4) is 0 Å². The van der Waals surface area contributed by atoms with Gasteiger partial charge in [-0.05, 0) is 36.8 Å². The number of ether oxygens (including phenoxy) is 1. The number of fused-ring (bicyclic) bond motifs is 1. The summed E-state index contributed by atoms with van der Waals surface area (Å²) in [6.07, 6.45) is 0.513. The molecule has 0 spiro atoms. The van der Waals surface area contributed by atoms with Gasteiger partial charge >= 0.3 is 0 Å². The van der Waals surface area contributed by atoms with Crippen molar-refractivity contribution in [1.82, 2.24) is 10.2 Å². The van der Waals surface area contributed by atoms with E-state index in [0.717, 1.165) is 5.56 Å². The van der Waals surface area contributed by atoms with E-state index < -0.39 is 11.9 Å². The molecule has 1 atom stereocenters. The van der Waals surface area contributed by atoms with Crippen molar-refractivity contribution in [1.29, 1.82) is 0 Å². The van der Waals surface area contributed by atoms with E-state index in [1.54, 1.807) is 24.3 Å². The van der Waals surface area contributed by atoms with Gasteiger partial charge in [-0.1, -0.05) is 19.9 Å². The molecule has 7 nitrogen and oxygen atoms in total. The van der Waals surface area contributed by atoms with Crippen LogP contribution in [0.1, 0.15) is 48.2 Å². The molecular formula is C23H26FN3O4. The van der Waals surface area contributed by atoms with E-state index in [-0.39, 0.29) is 37.1 Å². The van der Waals surface area contributed by atoms with Gasteiger partial charge in [0.15, 0.2) is 0 Å². The zero-order valence-corrected chi connectivity index (χ0v) is 17.8. The molecule has 2 aromatic rings. The lowest BCUT2D eigenvalue weighted by Gasteiger charge is -2.29.